The molecule has 0 aliphatic rings. The van der Waals surface area contributed by atoms with Crippen LogP contribution in [0, 0.1) is 0 Å². The number of aromatic nitrogens is 2. The van der Waals surface area contributed by atoms with Crippen molar-refractivity contribution in [2.45, 2.75) is 18.6 Å². The largest absolute Gasteiger partial charge is 0.415 e. The lowest BCUT2D eigenvalue weighted by atomic mass is 10.0. The van der Waals surface area contributed by atoms with Crippen molar-refractivity contribution in [2.24, 2.45) is 5.73 Å². The Morgan fingerprint density at radius 2 is 2.12 bits per heavy atom. The lowest BCUT2D eigenvalue weighted by Gasteiger charge is -2.22. The summed E-state index contributed by atoms with van der Waals surface area (Å²) in [7, 11) is 0. The highest BCUT2D eigenvalue weighted by Gasteiger charge is 2.53. The molecule has 2 N–H and O–H groups in total. The maximum absolute atomic E-state index is 12.6. The predicted octanol–water partition coefficient (Wildman–Crippen LogP) is 2.53. The number of rotatable bonds is 2. The van der Waals surface area contributed by atoms with Gasteiger partial charge in [0.2, 0.25) is 5.82 Å². The summed E-state index contributed by atoms with van der Waals surface area (Å²) in [6.07, 6.45) is -4.65. The van der Waals surface area contributed by atoms with Gasteiger partial charge in [-0.05, 0) is 18.4 Å². The van der Waals surface area contributed by atoms with Crippen LogP contribution >= 0.6 is 11.3 Å². The van der Waals surface area contributed by atoms with E-state index < -0.39 is 17.6 Å². The summed E-state index contributed by atoms with van der Waals surface area (Å²) < 4.78 is 42.4. The first-order valence-corrected chi connectivity index (χ1v) is 5.44. The minimum absolute atomic E-state index is 0.107. The number of halogens is 3. The predicted molar refractivity (Wildman–Crippen MR) is 55.2 cm³/mol. The molecule has 92 valence electrons. The molecule has 0 spiro atoms. The monoisotopic (exact) mass is 263 g/mol. The van der Waals surface area contributed by atoms with Crippen LogP contribution < -0.4 is 5.73 Å². The van der Waals surface area contributed by atoms with Crippen molar-refractivity contribution >= 4 is 11.3 Å². The third-order valence-electron chi connectivity index (χ3n) is 2.20. The lowest BCUT2D eigenvalue weighted by molar-refractivity contribution is -0.190. The Labute approximate surface area is 98.2 Å². The highest BCUT2D eigenvalue weighted by Crippen LogP contribution is 2.36. The van der Waals surface area contributed by atoms with E-state index in [-0.39, 0.29) is 5.82 Å². The molecule has 0 aliphatic heterocycles. The highest BCUT2D eigenvalue weighted by molar-refractivity contribution is 7.13. The highest BCUT2D eigenvalue weighted by atomic mass is 32.1. The van der Waals surface area contributed by atoms with Crippen LogP contribution in [0.3, 0.4) is 0 Å². The molecule has 0 radical (unpaired) electrons. The normalized spacial score (nSPS) is 15.8. The minimum atomic E-state index is -4.65. The first-order chi connectivity index (χ1) is 7.82. The number of hydrogen-bond donors (Lipinski definition) is 1. The van der Waals surface area contributed by atoms with Gasteiger partial charge in [0.25, 0.3) is 5.89 Å². The zero-order valence-electron chi connectivity index (χ0n) is 8.65. The summed E-state index contributed by atoms with van der Waals surface area (Å²) in [5.41, 5.74) is 2.52. The van der Waals surface area contributed by atoms with Crippen LogP contribution in [0.1, 0.15) is 12.8 Å². The van der Waals surface area contributed by atoms with E-state index in [1.807, 2.05) is 0 Å². The first-order valence-electron chi connectivity index (χ1n) is 4.56. The van der Waals surface area contributed by atoms with E-state index in [2.05, 4.69) is 14.7 Å². The van der Waals surface area contributed by atoms with Gasteiger partial charge in [-0.1, -0.05) is 11.2 Å². The van der Waals surface area contributed by atoms with Gasteiger partial charge < -0.3 is 10.3 Å². The van der Waals surface area contributed by atoms with E-state index in [4.69, 9.17) is 5.73 Å². The summed E-state index contributed by atoms with van der Waals surface area (Å²) in [5, 5.41) is 5.24. The van der Waals surface area contributed by atoms with Gasteiger partial charge in [0.1, 0.15) is 0 Å². The van der Waals surface area contributed by atoms with Crippen molar-refractivity contribution in [1.82, 2.24) is 10.1 Å². The molecule has 0 saturated carbocycles. The summed E-state index contributed by atoms with van der Waals surface area (Å²) in [4.78, 5) is 4.30. The van der Waals surface area contributed by atoms with Crippen molar-refractivity contribution in [3.05, 3.63) is 23.4 Å². The fraction of sp³-hybridized carbons (Fsp3) is 0.333. The smallest absolute Gasteiger partial charge is 0.337 e. The lowest BCUT2D eigenvalue weighted by Crippen LogP contribution is -2.47. The molecule has 2 heterocycles. The minimum Gasteiger partial charge on any atom is -0.337 e. The van der Waals surface area contributed by atoms with Gasteiger partial charge in [0.15, 0.2) is 5.54 Å². The second-order valence-corrected chi connectivity index (χ2v) is 4.55. The van der Waals surface area contributed by atoms with E-state index >= 15 is 0 Å². The molecule has 1 unspecified atom stereocenters. The molecule has 0 aliphatic carbocycles. The molecule has 0 fully saturated rings. The second-order valence-electron chi connectivity index (χ2n) is 3.60. The van der Waals surface area contributed by atoms with Gasteiger partial charge in [-0.15, -0.1) is 11.3 Å². The number of nitrogens with two attached hydrogens (primary N) is 1. The van der Waals surface area contributed by atoms with E-state index in [0.717, 1.165) is 6.92 Å². The van der Waals surface area contributed by atoms with Crippen molar-refractivity contribution in [3.8, 4) is 10.7 Å². The summed E-state index contributed by atoms with van der Waals surface area (Å²) in [5.74, 6) is -0.538. The van der Waals surface area contributed by atoms with Crippen LogP contribution in [0.4, 0.5) is 13.2 Å². The maximum Gasteiger partial charge on any atom is 0.415 e. The molecule has 4 nitrogen and oxygen atoms in total. The Morgan fingerprint density at radius 1 is 1.41 bits per heavy atom. The van der Waals surface area contributed by atoms with E-state index in [1.165, 1.54) is 11.3 Å². The molecule has 2 aromatic heterocycles. The Balaban J connectivity index is 2.37. The van der Waals surface area contributed by atoms with Gasteiger partial charge in [-0.2, -0.15) is 18.2 Å². The average Bonchev–Trinajstić information content (AvgIpc) is 2.87. The number of hydrogen-bond acceptors (Lipinski definition) is 5. The van der Waals surface area contributed by atoms with Gasteiger partial charge in [-0.3, -0.25) is 0 Å². The van der Waals surface area contributed by atoms with Crippen LogP contribution in [0.2, 0.25) is 0 Å². The van der Waals surface area contributed by atoms with Gasteiger partial charge in [0.05, 0.1) is 4.88 Å². The standard InChI is InChI=1S/C9H8F3N3OS/c1-8(13,9(10,11)12)7-14-6(15-16-7)5-3-2-4-17-5/h2-4H,13H2,1H3. The van der Waals surface area contributed by atoms with Gasteiger partial charge >= 0.3 is 6.18 Å². The van der Waals surface area contributed by atoms with E-state index in [0.29, 0.717) is 4.88 Å². The van der Waals surface area contributed by atoms with Crippen molar-refractivity contribution in [1.29, 1.82) is 0 Å². The van der Waals surface area contributed by atoms with Gasteiger partial charge in [-0.25, -0.2) is 0 Å². The summed E-state index contributed by atoms with van der Waals surface area (Å²) >= 11 is 1.30. The molecule has 2 aromatic rings. The van der Waals surface area contributed by atoms with Crippen LogP contribution in [-0.4, -0.2) is 16.3 Å². The fourth-order valence-corrected chi connectivity index (χ4v) is 1.71. The molecular weight excluding hydrogens is 255 g/mol. The van der Waals surface area contributed by atoms with Crippen molar-refractivity contribution < 1.29 is 17.7 Å². The van der Waals surface area contributed by atoms with Gasteiger partial charge in [0, 0.05) is 0 Å². The quantitative estimate of drug-likeness (QED) is 0.904. The molecular formula is C9H8F3N3OS. The zero-order valence-corrected chi connectivity index (χ0v) is 9.47. The second kappa shape index (κ2) is 3.81. The molecule has 0 amide bonds. The zero-order chi connectivity index (χ0) is 12.7. The van der Waals surface area contributed by atoms with E-state index in [9.17, 15) is 13.2 Å². The van der Waals surface area contributed by atoms with Crippen molar-refractivity contribution in [2.75, 3.05) is 0 Å². The maximum atomic E-state index is 12.6. The topological polar surface area (TPSA) is 64.9 Å². The Hall–Kier alpha value is -1.41. The molecule has 0 saturated heterocycles. The first kappa shape index (κ1) is 12.1. The number of nitrogens with zero attached hydrogens (tertiary/aromatic N) is 2. The Morgan fingerprint density at radius 3 is 2.65 bits per heavy atom. The number of alkyl halides is 3. The fourth-order valence-electron chi connectivity index (χ4n) is 1.06. The Kier molecular flexibility index (Phi) is 2.70. The molecule has 0 aromatic carbocycles. The third kappa shape index (κ3) is 2.05. The average molecular weight is 263 g/mol. The molecule has 2 rings (SSSR count). The Bertz CT molecular complexity index is 504. The molecule has 8 heteroatoms. The SMILES string of the molecule is CC(N)(c1nc(-c2cccs2)no1)C(F)(F)F. The third-order valence-corrected chi connectivity index (χ3v) is 3.07. The number of thiophene rings is 1. The van der Waals surface area contributed by atoms with Crippen molar-refractivity contribution in [3.63, 3.8) is 0 Å². The summed E-state index contributed by atoms with van der Waals surface area (Å²) in [6.45, 7) is 0.790. The van der Waals surface area contributed by atoms with Crippen LogP contribution in [0.15, 0.2) is 22.0 Å². The van der Waals surface area contributed by atoms with Crippen LogP contribution in [0.5, 0.6) is 0 Å². The molecule has 0 bridgehead atoms. The van der Waals surface area contributed by atoms with Crippen LogP contribution in [-0.2, 0) is 5.54 Å². The van der Waals surface area contributed by atoms with E-state index in [1.54, 1.807) is 17.5 Å². The molecule has 17 heavy (non-hydrogen) atoms. The molecule has 1 atom stereocenters. The summed E-state index contributed by atoms with van der Waals surface area (Å²) in [6, 6.07) is 3.42. The van der Waals surface area contributed by atoms with Crippen LogP contribution in [0.25, 0.3) is 10.7 Å².